The zero-order valence-corrected chi connectivity index (χ0v) is 13.8. The molecule has 0 aliphatic heterocycles. The van der Waals surface area contributed by atoms with Crippen LogP contribution in [-0.4, -0.2) is 12.1 Å². The lowest BCUT2D eigenvalue weighted by Gasteiger charge is -2.28. The van der Waals surface area contributed by atoms with Crippen LogP contribution in [0.1, 0.15) is 46.6 Å². The molecule has 0 saturated heterocycles. The van der Waals surface area contributed by atoms with Gasteiger partial charge in [-0.15, -0.1) is 0 Å². The van der Waals surface area contributed by atoms with Gasteiger partial charge >= 0.3 is 0 Å². The second-order valence-electron chi connectivity index (χ2n) is 6.32. The third kappa shape index (κ3) is 5.38. The van der Waals surface area contributed by atoms with Crippen molar-refractivity contribution in [3.63, 3.8) is 0 Å². The summed E-state index contributed by atoms with van der Waals surface area (Å²) in [7, 11) is 0. The Hall–Kier alpha value is -0.0900. The summed E-state index contributed by atoms with van der Waals surface area (Å²) < 4.78 is 1.30. The summed E-state index contributed by atoms with van der Waals surface area (Å²) in [4.78, 5) is 0. The van der Waals surface area contributed by atoms with Crippen LogP contribution in [0.4, 0.5) is 0 Å². The van der Waals surface area contributed by atoms with Crippen LogP contribution in [0.3, 0.4) is 0 Å². The fourth-order valence-electron chi connectivity index (χ4n) is 1.80. The molecule has 0 spiro atoms. The smallest absolute Gasteiger partial charge is 0.0130 e. The Kier molecular flexibility index (Phi) is 5.02. The maximum atomic E-state index is 3.56. The minimum Gasteiger partial charge on any atom is -0.312 e. The molecule has 0 aromatic heterocycles. The van der Waals surface area contributed by atoms with E-state index in [9.17, 15) is 0 Å². The second-order valence-corrected chi connectivity index (χ2v) is 7.56. The molecule has 2 heteroatoms. The molecule has 96 valence electrons. The summed E-state index contributed by atoms with van der Waals surface area (Å²) in [6.45, 7) is 12.3. The summed E-state index contributed by atoms with van der Waals surface area (Å²) in [6.07, 6.45) is 1.16. The van der Waals surface area contributed by atoms with Gasteiger partial charge < -0.3 is 5.32 Å². The summed E-state index contributed by atoms with van der Waals surface area (Å²) in [6, 6.07) is 8.88. The first-order valence-corrected chi connectivity index (χ1v) is 7.30. The van der Waals surface area contributed by atoms with Crippen molar-refractivity contribution in [2.75, 3.05) is 6.54 Å². The Morgan fingerprint density at radius 3 is 2.00 bits per heavy atom. The van der Waals surface area contributed by atoms with Crippen molar-refractivity contribution in [3.05, 3.63) is 33.4 Å². The van der Waals surface area contributed by atoms with E-state index in [4.69, 9.17) is 0 Å². The maximum Gasteiger partial charge on any atom is 0.0130 e. The maximum absolute atomic E-state index is 3.56. The molecule has 1 rings (SSSR count). The lowest BCUT2D eigenvalue weighted by molar-refractivity contribution is 0.379. The van der Waals surface area contributed by atoms with E-state index in [1.54, 1.807) is 0 Å². The first kappa shape index (κ1) is 15.0. The van der Waals surface area contributed by atoms with E-state index < -0.39 is 0 Å². The van der Waals surface area contributed by atoms with Crippen LogP contribution in [0.25, 0.3) is 0 Å². The molecule has 0 unspecified atom stereocenters. The zero-order valence-electron chi connectivity index (χ0n) is 11.6. The highest BCUT2D eigenvalue weighted by Gasteiger charge is 2.21. The van der Waals surface area contributed by atoms with E-state index in [0.29, 0.717) is 0 Å². The minimum atomic E-state index is 0.210. The summed E-state index contributed by atoms with van der Waals surface area (Å²) in [5.41, 5.74) is 1.87. The predicted octanol–water partition coefficient (Wildman–Crippen LogP) is 4.35. The Morgan fingerprint density at radius 2 is 1.53 bits per heavy atom. The summed E-state index contributed by atoms with van der Waals surface area (Å²) in [5.74, 6) is 0. The molecular formula is C15H24IN. The molecule has 0 bridgehead atoms. The second kappa shape index (κ2) is 5.70. The fourth-order valence-corrected chi connectivity index (χ4v) is 2.15. The largest absolute Gasteiger partial charge is 0.312 e. The van der Waals surface area contributed by atoms with Gasteiger partial charge in [-0.2, -0.15) is 0 Å². The van der Waals surface area contributed by atoms with Gasteiger partial charge in [-0.25, -0.2) is 0 Å². The molecular weight excluding hydrogens is 321 g/mol. The number of nitrogens with one attached hydrogen (secondary N) is 1. The Morgan fingerprint density at radius 1 is 1.00 bits per heavy atom. The first-order chi connectivity index (χ1) is 7.71. The van der Waals surface area contributed by atoms with Gasteiger partial charge in [0.2, 0.25) is 0 Å². The van der Waals surface area contributed by atoms with Crippen LogP contribution in [0.5, 0.6) is 0 Å². The van der Waals surface area contributed by atoms with Gasteiger partial charge in [0.1, 0.15) is 0 Å². The van der Waals surface area contributed by atoms with Gasteiger partial charge in [0.05, 0.1) is 0 Å². The van der Waals surface area contributed by atoms with E-state index in [1.165, 1.54) is 9.13 Å². The van der Waals surface area contributed by atoms with Crippen LogP contribution >= 0.6 is 22.6 Å². The third-order valence-electron chi connectivity index (χ3n) is 3.03. The van der Waals surface area contributed by atoms with Gasteiger partial charge in [0.25, 0.3) is 0 Å². The number of hydrogen-bond donors (Lipinski definition) is 1. The molecule has 0 fully saturated rings. The molecule has 1 aromatic rings. The number of benzene rings is 1. The van der Waals surface area contributed by atoms with Gasteiger partial charge in [-0.05, 0) is 79.4 Å². The van der Waals surface area contributed by atoms with Crippen LogP contribution in [0, 0.1) is 3.57 Å². The van der Waals surface area contributed by atoms with Crippen molar-refractivity contribution in [1.82, 2.24) is 5.32 Å². The average Bonchev–Trinajstić information content (AvgIpc) is 2.15. The SMILES string of the molecule is CC(C)(C)NCCC(C)(C)c1ccc(I)cc1. The Labute approximate surface area is 120 Å². The standard InChI is InChI=1S/C15H24IN/c1-14(2,3)17-11-10-15(4,5)12-6-8-13(16)9-7-12/h6-9,17H,10-11H2,1-5H3. The molecule has 1 aromatic carbocycles. The van der Waals surface area contributed by atoms with Crippen LogP contribution in [0.15, 0.2) is 24.3 Å². The van der Waals surface area contributed by atoms with E-state index in [-0.39, 0.29) is 11.0 Å². The summed E-state index contributed by atoms with van der Waals surface area (Å²) in [5, 5.41) is 3.56. The lowest BCUT2D eigenvalue weighted by Crippen LogP contribution is -2.38. The number of rotatable bonds is 4. The van der Waals surface area contributed by atoms with Crippen molar-refractivity contribution in [1.29, 1.82) is 0 Å². The minimum absolute atomic E-state index is 0.210. The van der Waals surface area contributed by atoms with E-state index in [0.717, 1.165) is 13.0 Å². The highest BCUT2D eigenvalue weighted by Crippen LogP contribution is 2.27. The van der Waals surface area contributed by atoms with Gasteiger partial charge in [-0.3, -0.25) is 0 Å². The molecule has 1 N–H and O–H groups in total. The molecule has 0 aliphatic rings. The normalized spacial score (nSPS) is 12.8. The molecule has 0 radical (unpaired) electrons. The lowest BCUT2D eigenvalue weighted by atomic mass is 9.81. The highest BCUT2D eigenvalue weighted by molar-refractivity contribution is 14.1. The highest BCUT2D eigenvalue weighted by atomic mass is 127. The number of hydrogen-bond acceptors (Lipinski definition) is 1. The van der Waals surface area contributed by atoms with E-state index >= 15 is 0 Å². The van der Waals surface area contributed by atoms with Crippen LogP contribution in [-0.2, 0) is 5.41 Å². The molecule has 0 saturated carbocycles. The van der Waals surface area contributed by atoms with Crippen LogP contribution < -0.4 is 5.32 Å². The molecule has 0 amide bonds. The van der Waals surface area contributed by atoms with Gasteiger partial charge in [0, 0.05) is 9.11 Å². The van der Waals surface area contributed by atoms with Crippen molar-refractivity contribution in [3.8, 4) is 0 Å². The molecule has 0 atom stereocenters. The number of halogens is 1. The quantitative estimate of drug-likeness (QED) is 0.800. The molecule has 0 aliphatic carbocycles. The third-order valence-corrected chi connectivity index (χ3v) is 3.75. The van der Waals surface area contributed by atoms with E-state index in [2.05, 4.69) is 86.8 Å². The van der Waals surface area contributed by atoms with Gasteiger partial charge in [-0.1, -0.05) is 26.0 Å². The topological polar surface area (TPSA) is 12.0 Å². The average molecular weight is 345 g/mol. The van der Waals surface area contributed by atoms with Crippen molar-refractivity contribution in [2.24, 2.45) is 0 Å². The Balaban J connectivity index is 2.59. The van der Waals surface area contributed by atoms with E-state index in [1.807, 2.05) is 0 Å². The monoisotopic (exact) mass is 345 g/mol. The van der Waals surface area contributed by atoms with Crippen molar-refractivity contribution < 1.29 is 0 Å². The summed E-state index contributed by atoms with van der Waals surface area (Å²) >= 11 is 2.35. The van der Waals surface area contributed by atoms with Gasteiger partial charge in [0.15, 0.2) is 0 Å². The predicted molar refractivity (Wildman–Crippen MR) is 84.6 cm³/mol. The first-order valence-electron chi connectivity index (χ1n) is 6.22. The molecule has 1 nitrogen and oxygen atoms in total. The van der Waals surface area contributed by atoms with Crippen molar-refractivity contribution in [2.45, 2.75) is 52.0 Å². The molecule has 0 heterocycles. The van der Waals surface area contributed by atoms with Crippen molar-refractivity contribution >= 4 is 22.6 Å². The molecule has 17 heavy (non-hydrogen) atoms. The fraction of sp³-hybridized carbons (Fsp3) is 0.600. The Bertz CT molecular complexity index is 346. The van der Waals surface area contributed by atoms with Crippen LogP contribution in [0.2, 0.25) is 0 Å². The zero-order chi connectivity index (χ0) is 13.1.